The normalized spacial score (nSPS) is 29.8. The molecule has 0 aromatic rings. The minimum atomic E-state index is -3.60. The van der Waals surface area contributed by atoms with Gasteiger partial charge in [-0.2, -0.15) is 0 Å². The fourth-order valence-corrected chi connectivity index (χ4v) is 3.70. The summed E-state index contributed by atoms with van der Waals surface area (Å²) in [6, 6.07) is 0. The van der Waals surface area contributed by atoms with Crippen molar-refractivity contribution in [3.8, 4) is 0 Å². The Morgan fingerprint density at radius 2 is 1.88 bits per heavy atom. The summed E-state index contributed by atoms with van der Waals surface area (Å²) in [5.74, 6) is -0.447. The smallest absolute Gasteiger partial charge is 0.258 e. The molecule has 17 heavy (non-hydrogen) atoms. The number of hydrogen-bond acceptors (Lipinski definition) is 5. The highest BCUT2D eigenvalue weighted by Crippen LogP contribution is 2.37. The SMILES string of the molecule is CC1(C)C(=O)N(CC2(O)CCOCC2)S1(=O)=O. The van der Waals surface area contributed by atoms with Crippen molar-refractivity contribution in [2.24, 2.45) is 0 Å². The van der Waals surface area contributed by atoms with Crippen molar-refractivity contribution in [1.82, 2.24) is 4.31 Å². The quantitative estimate of drug-likeness (QED) is 0.724. The highest BCUT2D eigenvalue weighted by atomic mass is 32.2. The van der Waals surface area contributed by atoms with Crippen molar-refractivity contribution < 1.29 is 23.1 Å². The molecule has 98 valence electrons. The van der Waals surface area contributed by atoms with Gasteiger partial charge in [0.15, 0.2) is 4.75 Å². The van der Waals surface area contributed by atoms with Crippen LogP contribution in [-0.2, 0) is 19.6 Å². The summed E-state index contributed by atoms with van der Waals surface area (Å²) in [5.41, 5.74) is -1.14. The van der Waals surface area contributed by atoms with Crippen LogP contribution in [0.3, 0.4) is 0 Å². The molecule has 2 saturated heterocycles. The van der Waals surface area contributed by atoms with Crippen LogP contribution < -0.4 is 0 Å². The van der Waals surface area contributed by atoms with Crippen LogP contribution in [0.25, 0.3) is 0 Å². The summed E-state index contributed by atoms with van der Waals surface area (Å²) in [4.78, 5) is 11.7. The summed E-state index contributed by atoms with van der Waals surface area (Å²) in [7, 11) is -3.60. The second-order valence-corrected chi connectivity index (χ2v) is 7.58. The average molecular weight is 263 g/mol. The number of carbonyl (C=O) groups is 1. The van der Waals surface area contributed by atoms with Gasteiger partial charge in [-0.1, -0.05) is 0 Å². The van der Waals surface area contributed by atoms with E-state index in [2.05, 4.69) is 0 Å². The number of sulfonamides is 1. The van der Waals surface area contributed by atoms with E-state index in [0.29, 0.717) is 26.1 Å². The van der Waals surface area contributed by atoms with Gasteiger partial charge in [0.25, 0.3) is 15.9 Å². The van der Waals surface area contributed by atoms with Gasteiger partial charge in [-0.05, 0) is 13.8 Å². The summed E-state index contributed by atoms with van der Waals surface area (Å²) < 4.78 is 28.3. The number of β-amino-alcohol motifs (C(OH)–C–C–N with tert-alkyl or cyclic N) is 1. The second-order valence-electron chi connectivity index (χ2n) is 5.16. The lowest BCUT2D eigenvalue weighted by Gasteiger charge is -2.46. The van der Waals surface area contributed by atoms with Crippen LogP contribution in [0.15, 0.2) is 0 Å². The van der Waals surface area contributed by atoms with Crippen molar-refractivity contribution in [1.29, 1.82) is 0 Å². The molecule has 0 aromatic carbocycles. The molecule has 2 fully saturated rings. The van der Waals surface area contributed by atoms with Crippen molar-refractivity contribution in [3.63, 3.8) is 0 Å². The molecule has 2 aliphatic rings. The Morgan fingerprint density at radius 1 is 1.35 bits per heavy atom. The first-order valence-electron chi connectivity index (χ1n) is 5.58. The zero-order valence-electron chi connectivity index (χ0n) is 9.97. The fraction of sp³-hybridized carbons (Fsp3) is 0.900. The number of amides is 1. The Kier molecular flexibility index (Phi) is 2.76. The maximum Gasteiger partial charge on any atom is 0.258 e. The number of hydrogen-bond donors (Lipinski definition) is 1. The largest absolute Gasteiger partial charge is 0.388 e. The zero-order valence-corrected chi connectivity index (χ0v) is 10.8. The third-order valence-corrected chi connectivity index (χ3v) is 5.88. The van der Waals surface area contributed by atoms with E-state index in [4.69, 9.17) is 4.74 Å². The molecule has 0 aliphatic carbocycles. The highest BCUT2D eigenvalue weighted by Gasteiger charge is 2.61. The molecule has 0 spiro atoms. The Labute approximate surface area is 101 Å². The van der Waals surface area contributed by atoms with Gasteiger partial charge in [-0.15, -0.1) is 0 Å². The lowest BCUT2D eigenvalue weighted by Crippen LogP contribution is -2.70. The molecule has 6 nitrogen and oxygen atoms in total. The molecule has 0 saturated carbocycles. The van der Waals surface area contributed by atoms with Gasteiger partial charge in [0.2, 0.25) is 0 Å². The molecule has 0 bridgehead atoms. The molecular weight excluding hydrogens is 246 g/mol. The molecule has 1 N–H and O–H groups in total. The van der Waals surface area contributed by atoms with Crippen molar-refractivity contribution in [2.75, 3.05) is 19.8 Å². The van der Waals surface area contributed by atoms with Gasteiger partial charge in [0, 0.05) is 26.1 Å². The molecule has 0 unspecified atom stereocenters. The molecule has 7 heteroatoms. The van der Waals surface area contributed by atoms with E-state index in [1.165, 1.54) is 13.8 Å². The Bertz CT molecular complexity index is 436. The number of ether oxygens (including phenoxy) is 1. The molecule has 1 amide bonds. The average Bonchev–Trinajstić information content (AvgIpc) is 2.25. The third kappa shape index (κ3) is 1.76. The van der Waals surface area contributed by atoms with Gasteiger partial charge in [-0.25, -0.2) is 12.7 Å². The minimum absolute atomic E-state index is 0.152. The predicted octanol–water partition coefficient (Wildman–Crippen LogP) is -0.521. The standard InChI is InChI=1S/C10H17NO5S/c1-9(2)8(12)11(17(9,14)15)7-10(13)3-5-16-6-4-10/h13H,3-7H2,1-2H3. The van der Waals surface area contributed by atoms with Crippen LogP contribution in [0.1, 0.15) is 26.7 Å². The Balaban J connectivity index is 2.13. The predicted molar refractivity (Wildman–Crippen MR) is 59.7 cm³/mol. The molecule has 0 aromatic heterocycles. The summed E-state index contributed by atoms with van der Waals surface area (Å²) in [6.45, 7) is 3.40. The van der Waals surface area contributed by atoms with Crippen LogP contribution in [0, 0.1) is 0 Å². The summed E-state index contributed by atoms with van der Waals surface area (Å²) in [6.07, 6.45) is 0.708. The van der Waals surface area contributed by atoms with Crippen LogP contribution in [0.2, 0.25) is 0 Å². The van der Waals surface area contributed by atoms with Crippen LogP contribution in [0.4, 0.5) is 0 Å². The first-order valence-corrected chi connectivity index (χ1v) is 7.02. The topological polar surface area (TPSA) is 83.9 Å². The molecule has 2 aliphatic heterocycles. The van der Waals surface area contributed by atoms with Crippen LogP contribution in [-0.4, -0.2) is 53.8 Å². The molecule has 0 radical (unpaired) electrons. The molecule has 2 heterocycles. The van der Waals surface area contributed by atoms with E-state index < -0.39 is 26.3 Å². The van der Waals surface area contributed by atoms with Gasteiger partial charge in [0.1, 0.15) is 0 Å². The zero-order chi connectivity index (χ0) is 12.9. The Hall–Kier alpha value is -0.660. The van der Waals surface area contributed by atoms with Gasteiger partial charge in [0.05, 0.1) is 12.1 Å². The molecule has 0 atom stereocenters. The fourth-order valence-electron chi connectivity index (χ4n) is 2.09. The maximum absolute atomic E-state index is 11.9. The van der Waals surface area contributed by atoms with Crippen LogP contribution in [0.5, 0.6) is 0 Å². The van der Waals surface area contributed by atoms with Crippen LogP contribution >= 0.6 is 0 Å². The summed E-state index contributed by atoms with van der Waals surface area (Å²) in [5, 5.41) is 10.2. The number of carbonyl (C=O) groups excluding carboxylic acids is 1. The van der Waals surface area contributed by atoms with E-state index in [-0.39, 0.29) is 6.54 Å². The van der Waals surface area contributed by atoms with Gasteiger partial charge < -0.3 is 9.84 Å². The number of aliphatic hydroxyl groups is 1. The van der Waals surface area contributed by atoms with Crippen molar-refractivity contribution in [3.05, 3.63) is 0 Å². The number of nitrogens with zero attached hydrogens (tertiary/aromatic N) is 1. The third-order valence-electron chi connectivity index (χ3n) is 3.54. The van der Waals surface area contributed by atoms with Crippen molar-refractivity contribution >= 4 is 15.9 Å². The minimum Gasteiger partial charge on any atom is -0.388 e. The van der Waals surface area contributed by atoms with Gasteiger partial charge in [-0.3, -0.25) is 4.79 Å². The lowest BCUT2D eigenvalue weighted by molar-refractivity contribution is -0.138. The van der Waals surface area contributed by atoms with E-state index in [1.54, 1.807) is 0 Å². The van der Waals surface area contributed by atoms with E-state index >= 15 is 0 Å². The molecule has 2 rings (SSSR count). The van der Waals surface area contributed by atoms with E-state index in [9.17, 15) is 18.3 Å². The summed E-state index contributed by atoms with van der Waals surface area (Å²) >= 11 is 0. The Morgan fingerprint density at radius 3 is 2.35 bits per heavy atom. The first kappa shape index (κ1) is 12.8. The maximum atomic E-state index is 11.9. The van der Waals surface area contributed by atoms with Gasteiger partial charge >= 0.3 is 0 Å². The first-order chi connectivity index (χ1) is 7.71. The van der Waals surface area contributed by atoms with E-state index in [1.807, 2.05) is 0 Å². The van der Waals surface area contributed by atoms with E-state index in [0.717, 1.165) is 4.31 Å². The second kappa shape index (κ2) is 3.66. The molecular formula is C10H17NO5S. The lowest BCUT2D eigenvalue weighted by atomic mass is 9.94. The van der Waals surface area contributed by atoms with Crippen molar-refractivity contribution in [2.45, 2.75) is 37.0 Å². The monoisotopic (exact) mass is 263 g/mol. The highest BCUT2D eigenvalue weighted by molar-refractivity contribution is 7.94. The number of rotatable bonds is 2.